The molecule has 3 rings (SSSR count). The molecule has 0 aliphatic heterocycles. The fourth-order valence-electron chi connectivity index (χ4n) is 2.36. The normalized spacial score (nSPS) is 10.3. The minimum absolute atomic E-state index is 0. The van der Waals surface area contributed by atoms with Crippen LogP contribution >= 0.6 is 24.0 Å². The molecule has 0 radical (unpaired) electrons. The lowest BCUT2D eigenvalue weighted by Gasteiger charge is -2.19. The van der Waals surface area contributed by atoms with Crippen molar-refractivity contribution < 1.29 is 9.47 Å². The molecule has 2 aromatic heterocycles. The smallest absolute Gasteiger partial charge is 0.163 e. The molecule has 0 saturated carbocycles. The van der Waals surface area contributed by atoms with E-state index >= 15 is 0 Å². The number of hydrogen-bond donors (Lipinski definition) is 0. The summed E-state index contributed by atoms with van der Waals surface area (Å²) in [6.45, 7) is 3.05. The van der Waals surface area contributed by atoms with Gasteiger partial charge in [0.25, 0.3) is 0 Å². The van der Waals surface area contributed by atoms with E-state index in [1.54, 1.807) is 25.6 Å². The summed E-state index contributed by atoms with van der Waals surface area (Å²) in [7, 11) is 3.54. The number of fused-ring (bicyclic) bond motifs is 1. The summed E-state index contributed by atoms with van der Waals surface area (Å²) in [4.78, 5) is 18.6. The number of likely N-dealkylation sites (N-methyl/N-ethyl adjacent to an activating group) is 1. The quantitative estimate of drug-likeness (QED) is 0.592. The first-order valence-electron chi connectivity index (χ1n) is 7.69. The van der Waals surface area contributed by atoms with Gasteiger partial charge >= 0.3 is 0 Å². The molecule has 26 heavy (non-hydrogen) atoms. The number of nitrogens with zero attached hydrogens (tertiary/aromatic N) is 5. The van der Waals surface area contributed by atoms with E-state index in [0.717, 1.165) is 16.9 Å². The lowest BCUT2D eigenvalue weighted by Crippen LogP contribution is -2.24. The van der Waals surface area contributed by atoms with Gasteiger partial charge in [-0.2, -0.15) is 0 Å². The van der Waals surface area contributed by atoms with Crippen molar-refractivity contribution in [2.45, 2.75) is 6.92 Å². The van der Waals surface area contributed by atoms with Gasteiger partial charge in [0, 0.05) is 30.3 Å². The molecule has 0 spiro atoms. The minimum Gasteiger partial charge on any atom is -0.493 e. The Hall–Kier alpha value is -2.38. The molecule has 0 aliphatic carbocycles. The molecule has 0 atom stereocenters. The summed E-state index contributed by atoms with van der Waals surface area (Å²) in [6.07, 6.45) is 2.98. The van der Waals surface area contributed by atoms with Crippen molar-refractivity contribution in [3.8, 4) is 11.5 Å². The molecule has 1 aromatic carbocycles. The van der Waals surface area contributed by atoms with Crippen LogP contribution in [-0.4, -0.2) is 47.2 Å². The SMILES string of the molecule is COc1cc2c(Cl)ncnc2cc1OCCN(C)c1cc(C)ncn1.Cl. The zero-order valence-electron chi connectivity index (χ0n) is 14.6. The summed E-state index contributed by atoms with van der Waals surface area (Å²) in [5, 5.41) is 1.11. The summed E-state index contributed by atoms with van der Waals surface area (Å²) in [6, 6.07) is 5.51. The van der Waals surface area contributed by atoms with E-state index in [1.165, 1.54) is 6.33 Å². The summed E-state index contributed by atoms with van der Waals surface area (Å²) in [5.74, 6) is 2.04. The number of halogens is 2. The number of hydrogen-bond acceptors (Lipinski definition) is 7. The van der Waals surface area contributed by atoms with Crippen LogP contribution in [0.1, 0.15) is 5.69 Å². The van der Waals surface area contributed by atoms with Gasteiger partial charge in [0.1, 0.15) is 30.2 Å². The molecule has 0 bridgehead atoms. The standard InChI is InChI=1S/C17H18ClN5O2.ClH/c1-11-6-16(21-9-19-11)23(2)4-5-25-15-8-13-12(7-14(15)24-3)17(18)22-10-20-13;/h6-10H,4-5H2,1-3H3;1H. The van der Waals surface area contributed by atoms with Gasteiger partial charge in [-0.15, -0.1) is 12.4 Å². The molecule has 0 amide bonds. The third kappa shape index (κ3) is 4.42. The van der Waals surface area contributed by atoms with E-state index in [9.17, 15) is 0 Å². The van der Waals surface area contributed by atoms with Crippen LogP contribution in [0.3, 0.4) is 0 Å². The predicted octanol–water partition coefficient (Wildman–Crippen LogP) is 3.33. The van der Waals surface area contributed by atoms with E-state index < -0.39 is 0 Å². The van der Waals surface area contributed by atoms with Gasteiger partial charge in [0.05, 0.1) is 19.2 Å². The fraction of sp³-hybridized carbons (Fsp3) is 0.294. The molecule has 7 nitrogen and oxygen atoms in total. The van der Waals surface area contributed by atoms with Gasteiger partial charge in [-0.1, -0.05) is 11.6 Å². The summed E-state index contributed by atoms with van der Waals surface area (Å²) < 4.78 is 11.3. The Morgan fingerprint density at radius 1 is 1.04 bits per heavy atom. The van der Waals surface area contributed by atoms with Crippen LogP contribution in [0.25, 0.3) is 10.9 Å². The number of methoxy groups -OCH3 is 1. The molecule has 0 aliphatic rings. The second-order valence-corrected chi connectivity index (χ2v) is 5.83. The van der Waals surface area contributed by atoms with Crippen LogP contribution < -0.4 is 14.4 Å². The number of anilines is 1. The lowest BCUT2D eigenvalue weighted by molar-refractivity contribution is 0.301. The zero-order chi connectivity index (χ0) is 17.8. The Kier molecular flexibility index (Phi) is 6.76. The largest absolute Gasteiger partial charge is 0.493 e. The highest BCUT2D eigenvalue weighted by atomic mass is 35.5. The Bertz CT molecular complexity index is 894. The molecule has 138 valence electrons. The van der Waals surface area contributed by atoms with Crippen molar-refractivity contribution >= 4 is 40.7 Å². The van der Waals surface area contributed by atoms with Crippen molar-refractivity contribution in [2.75, 3.05) is 32.2 Å². The highest BCUT2D eigenvalue weighted by molar-refractivity contribution is 6.34. The van der Waals surface area contributed by atoms with E-state index in [2.05, 4.69) is 19.9 Å². The Labute approximate surface area is 162 Å². The first kappa shape index (κ1) is 19.9. The average Bonchev–Trinajstić information content (AvgIpc) is 2.61. The van der Waals surface area contributed by atoms with Crippen molar-refractivity contribution in [2.24, 2.45) is 0 Å². The van der Waals surface area contributed by atoms with E-state index in [0.29, 0.717) is 35.3 Å². The fourth-order valence-corrected chi connectivity index (χ4v) is 2.56. The third-order valence-electron chi connectivity index (χ3n) is 3.74. The van der Waals surface area contributed by atoms with Gasteiger partial charge in [0.15, 0.2) is 11.5 Å². The van der Waals surface area contributed by atoms with Crippen molar-refractivity contribution in [1.82, 2.24) is 19.9 Å². The average molecular weight is 396 g/mol. The predicted molar refractivity (Wildman–Crippen MR) is 104 cm³/mol. The van der Waals surface area contributed by atoms with Crippen molar-refractivity contribution in [1.29, 1.82) is 0 Å². The Balaban J connectivity index is 0.00000243. The second-order valence-electron chi connectivity index (χ2n) is 5.47. The molecule has 0 fully saturated rings. The number of benzene rings is 1. The maximum absolute atomic E-state index is 6.10. The monoisotopic (exact) mass is 395 g/mol. The highest BCUT2D eigenvalue weighted by Gasteiger charge is 2.11. The van der Waals surface area contributed by atoms with Gasteiger partial charge in [-0.3, -0.25) is 0 Å². The number of ether oxygens (including phenoxy) is 2. The van der Waals surface area contributed by atoms with Crippen LogP contribution in [-0.2, 0) is 0 Å². The van der Waals surface area contributed by atoms with Crippen molar-refractivity contribution in [3.63, 3.8) is 0 Å². The molecule has 0 unspecified atom stereocenters. The van der Waals surface area contributed by atoms with Crippen LogP contribution in [0.15, 0.2) is 30.9 Å². The number of aryl methyl sites for hydroxylation is 1. The molecule has 2 heterocycles. The highest BCUT2D eigenvalue weighted by Crippen LogP contribution is 2.33. The molecular weight excluding hydrogens is 377 g/mol. The van der Waals surface area contributed by atoms with Gasteiger partial charge in [-0.05, 0) is 13.0 Å². The van der Waals surface area contributed by atoms with Crippen molar-refractivity contribution in [3.05, 3.63) is 41.7 Å². The topological polar surface area (TPSA) is 73.3 Å². The minimum atomic E-state index is 0. The van der Waals surface area contributed by atoms with E-state index in [-0.39, 0.29) is 12.4 Å². The van der Waals surface area contributed by atoms with Gasteiger partial charge in [0.2, 0.25) is 0 Å². The maximum Gasteiger partial charge on any atom is 0.163 e. The molecule has 0 saturated heterocycles. The zero-order valence-corrected chi connectivity index (χ0v) is 16.2. The van der Waals surface area contributed by atoms with E-state index in [4.69, 9.17) is 21.1 Å². The first-order valence-corrected chi connectivity index (χ1v) is 8.07. The van der Waals surface area contributed by atoms with Crippen LogP contribution in [0.4, 0.5) is 5.82 Å². The molecule has 9 heteroatoms. The van der Waals surface area contributed by atoms with Crippen LogP contribution in [0.5, 0.6) is 11.5 Å². The Morgan fingerprint density at radius 3 is 2.54 bits per heavy atom. The maximum atomic E-state index is 6.10. The van der Waals surface area contributed by atoms with Crippen LogP contribution in [0.2, 0.25) is 5.15 Å². The summed E-state index contributed by atoms with van der Waals surface area (Å²) in [5.41, 5.74) is 1.63. The molecule has 0 N–H and O–H groups in total. The first-order chi connectivity index (χ1) is 12.1. The molecule has 3 aromatic rings. The molecular formula is C17H19Cl2N5O2. The second kappa shape index (κ2) is 8.82. The lowest BCUT2D eigenvalue weighted by atomic mass is 10.2. The van der Waals surface area contributed by atoms with Gasteiger partial charge < -0.3 is 14.4 Å². The Morgan fingerprint density at radius 2 is 1.81 bits per heavy atom. The third-order valence-corrected chi connectivity index (χ3v) is 4.04. The van der Waals surface area contributed by atoms with Crippen LogP contribution in [0, 0.1) is 6.92 Å². The van der Waals surface area contributed by atoms with E-state index in [1.807, 2.05) is 24.9 Å². The number of rotatable bonds is 6. The number of aromatic nitrogens is 4. The van der Waals surface area contributed by atoms with Gasteiger partial charge in [-0.25, -0.2) is 19.9 Å². The summed E-state index contributed by atoms with van der Waals surface area (Å²) >= 11 is 6.10.